The summed E-state index contributed by atoms with van der Waals surface area (Å²) in [5.41, 5.74) is -1.42. The van der Waals surface area contributed by atoms with E-state index in [-0.39, 0.29) is 18.4 Å². The molecule has 6 nitrogen and oxygen atoms in total. The lowest BCUT2D eigenvalue weighted by molar-refractivity contribution is -0.198. The fourth-order valence-corrected chi connectivity index (χ4v) is 5.78. The van der Waals surface area contributed by atoms with Gasteiger partial charge in [-0.15, -0.1) is 0 Å². The van der Waals surface area contributed by atoms with Gasteiger partial charge >= 0.3 is 27.3 Å². The smallest absolute Gasteiger partial charge is 0.432 e. The first-order chi connectivity index (χ1) is 11.7. The van der Waals surface area contributed by atoms with Gasteiger partial charge in [0.15, 0.2) is 0 Å². The van der Waals surface area contributed by atoms with Gasteiger partial charge in [0.25, 0.3) is 0 Å². The molecule has 0 aliphatic heterocycles. The fourth-order valence-electron chi connectivity index (χ4n) is 5.33. The molecular formula is C15H20F4O6S. The summed E-state index contributed by atoms with van der Waals surface area (Å²) in [6.07, 6.45) is 1.77. The van der Waals surface area contributed by atoms with Gasteiger partial charge in [0.05, 0.1) is 12.2 Å². The molecule has 4 saturated carbocycles. The highest BCUT2D eigenvalue weighted by Gasteiger charge is 2.66. The molecule has 0 aromatic heterocycles. The van der Waals surface area contributed by atoms with E-state index >= 15 is 0 Å². The van der Waals surface area contributed by atoms with Gasteiger partial charge in [-0.25, -0.2) is 0 Å². The van der Waals surface area contributed by atoms with Crippen LogP contribution in [0.25, 0.3) is 0 Å². The average molecular weight is 404 g/mol. The Morgan fingerprint density at radius 3 is 2.12 bits per heavy atom. The molecule has 4 bridgehead atoms. The van der Waals surface area contributed by atoms with E-state index in [4.69, 9.17) is 9.29 Å². The van der Waals surface area contributed by atoms with Crippen molar-refractivity contribution in [2.75, 3.05) is 6.61 Å². The Morgan fingerprint density at radius 1 is 1.12 bits per heavy atom. The van der Waals surface area contributed by atoms with Crippen molar-refractivity contribution in [1.29, 1.82) is 0 Å². The highest BCUT2D eigenvalue weighted by molar-refractivity contribution is 7.87. The van der Waals surface area contributed by atoms with Crippen LogP contribution < -0.4 is 0 Å². The zero-order valence-electron chi connectivity index (χ0n) is 13.8. The SMILES string of the molecule is O=C(CC(F)(F)C(F)(F)S(=O)(=O)O)OCC12CC3CC(CC(O)(C3)C1)C2. The molecule has 150 valence electrons. The van der Waals surface area contributed by atoms with Crippen LogP contribution in [0.1, 0.15) is 44.9 Å². The van der Waals surface area contributed by atoms with E-state index in [1.54, 1.807) is 0 Å². The lowest BCUT2D eigenvalue weighted by Gasteiger charge is -2.59. The van der Waals surface area contributed by atoms with Crippen LogP contribution in [-0.2, 0) is 19.6 Å². The number of carbonyl (C=O) groups is 1. The Balaban J connectivity index is 1.63. The highest BCUT2D eigenvalue weighted by atomic mass is 32.2. The third-order valence-electron chi connectivity index (χ3n) is 5.81. The topological polar surface area (TPSA) is 101 Å². The molecule has 0 aromatic carbocycles. The molecule has 11 heteroatoms. The first kappa shape index (κ1) is 19.8. The minimum atomic E-state index is -6.39. The van der Waals surface area contributed by atoms with Crippen LogP contribution in [0.3, 0.4) is 0 Å². The van der Waals surface area contributed by atoms with Gasteiger partial charge in [-0.1, -0.05) is 0 Å². The number of ether oxygens (including phenoxy) is 1. The lowest BCUT2D eigenvalue weighted by atomic mass is 9.48. The molecule has 2 atom stereocenters. The van der Waals surface area contributed by atoms with Gasteiger partial charge in [0.1, 0.15) is 6.42 Å². The van der Waals surface area contributed by atoms with E-state index in [2.05, 4.69) is 0 Å². The maximum absolute atomic E-state index is 13.5. The van der Waals surface area contributed by atoms with Crippen molar-refractivity contribution in [3.05, 3.63) is 0 Å². The number of hydrogen-bond acceptors (Lipinski definition) is 5. The normalized spacial score (nSPS) is 37.0. The standard InChI is InChI=1S/C15H20F4O6S/c16-14(17,15(18,19)26(22,23)24)6-11(20)25-8-12-2-9-1-10(3-12)5-13(21,4-9)7-12/h9-10,21H,1-8H2,(H,22,23,24). The fraction of sp³-hybridized carbons (Fsp3) is 0.933. The quantitative estimate of drug-likeness (QED) is 0.401. The van der Waals surface area contributed by atoms with Crippen molar-refractivity contribution in [3.63, 3.8) is 0 Å². The van der Waals surface area contributed by atoms with E-state index in [0.29, 0.717) is 32.1 Å². The molecule has 26 heavy (non-hydrogen) atoms. The summed E-state index contributed by atoms with van der Waals surface area (Å²) in [5, 5.41) is 4.76. The van der Waals surface area contributed by atoms with Crippen LogP contribution >= 0.6 is 0 Å². The number of aliphatic hydroxyl groups is 1. The monoisotopic (exact) mass is 404 g/mol. The average Bonchev–Trinajstić information content (AvgIpc) is 2.40. The second-order valence-corrected chi connectivity index (χ2v) is 9.68. The Morgan fingerprint density at radius 2 is 1.65 bits per heavy atom. The van der Waals surface area contributed by atoms with Crippen molar-refractivity contribution in [1.82, 2.24) is 0 Å². The zero-order valence-corrected chi connectivity index (χ0v) is 14.6. The van der Waals surface area contributed by atoms with Gasteiger partial charge in [-0.3, -0.25) is 9.35 Å². The van der Waals surface area contributed by atoms with E-state index < -0.39 is 44.7 Å². The number of rotatable bonds is 6. The third kappa shape index (κ3) is 3.33. The predicted octanol–water partition coefficient (Wildman–Crippen LogP) is 2.37. The van der Waals surface area contributed by atoms with Crippen molar-refractivity contribution >= 4 is 16.1 Å². The van der Waals surface area contributed by atoms with Crippen LogP contribution in [0.2, 0.25) is 0 Å². The summed E-state index contributed by atoms with van der Waals surface area (Å²) >= 11 is 0. The van der Waals surface area contributed by atoms with Crippen LogP contribution in [0.4, 0.5) is 17.6 Å². The van der Waals surface area contributed by atoms with Crippen molar-refractivity contribution in [2.45, 2.75) is 61.7 Å². The van der Waals surface area contributed by atoms with Gasteiger partial charge in [-0.2, -0.15) is 26.0 Å². The molecular weight excluding hydrogens is 384 g/mol. The largest absolute Gasteiger partial charge is 0.465 e. The number of alkyl halides is 4. The van der Waals surface area contributed by atoms with E-state index in [1.165, 1.54) is 0 Å². The lowest BCUT2D eigenvalue weighted by Crippen LogP contribution is -2.57. The summed E-state index contributed by atoms with van der Waals surface area (Å²) < 4.78 is 87.2. The van der Waals surface area contributed by atoms with Crippen molar-refractivity contribution in [3.8, 4) is 0 Å². The maximum Gasteiger partial charge on any atom is 0.432 e. The van der Waals surface area contributed by atoms with Crippen molar-refractivity contribution < 1.29 is 45.2 Å². The van der Waals surface area contributed by atoms with Crippen molar-refractivity contribution in [2.24, 2.45) is 17.3 Å². The van der Waals surface area contributed by atoms with Crippen LogP contribution in [-0.4, -0.2) is 47.4 Å². The predicted molar refractivity (Wildman–Crippen MR) is 79.1 cm³/mol. The minimum absolute atomic E-state index is 0.255. The molecule has 0 spiro atoms. The number of esters is 1. The summed E-state index contributed by atoms with van der Waals surface area (Å²) in [6.45, 7) is -0.283. The molecule has 2 unspecified atom stereocenters. The molecule has 4 fully saturated rings. The molecule has 0 saturated heterocycles. The summed E-state index contributed by atoms with van der Waals surface area (Å²) in [6, 6.07) is 0. The molecule has 0 heterocycles. The van der Waals surface area contributed by atoms with Crippen LogP contribution in [0, 0.1) is 17.3 Å². The Bertz CT molecular complexity index is 693. The van der Waals surface area contributed by atoms with E-state index in [0.717, 1.165) is 6.42 Å². The van der Waals surface area contributed by atoms with E-state index in [9.17, 15) is 35.9 Å². The van der Waals surface area contributed by atoms with Gasteiger partial charge in [0, 0.05) is 5.41 Å². The highest BCUT2D eigenvalue weighted by Crippen LogP contribution is 2.61. The number of halogens is 4. The summed E-state index contributed by atoms with van der Waals surface area (Å²) in [5.74, 6) is -6.48. The van der Waals surface area contributed by atoms with Gasteiger partial charge < -0.3 is 9.84 Å². The number of carbonyl (C=O) groups excluding carboxylic acids is 1. The molecule has 0 radical (unpaired) electrons. The van der Waals surface area contributed by atoms with Crippen LogP contribution in [0.5, 0.6) is 0 Å². The Hall–Kier alpha value is -0.940. The summed E-state index contributed by atoms with van der Waals surface area (Å²) in [7, 11) is -6.39. The first-order valence-electron chi connectivity index (χ1n) is 8.28. The molecule has 0 aromatic rings. The molecule has 0 amide bonds. The Labute approximate surface area is 147 Å². The summed E-state index contributed by atoms with van der Waals surface area (Å²) in [4.78, 5) is 11.6. The third-order valence-corrected chi connectivity index (χ3v) is 6.75. The second kappa shape index (κ2) is 5.78. The first-order valence-corrected chi connectivity index (χ1v) is 9.72. The van der Waals surface area contributed by atoms with E-state index in [1.807, 2.05) is 0 Å². The van der Waals surface area contributed by atoms with Gasteiger partial charge in [0.2, 0.25) is 0 Å². The molecule has 4 aliphatic carbocycles. The minimum Gasteiger partial charge on any atom is -0.465 e. The Kier molecular flexibility index (Phi) is 4.40. The molecule has 4 aliphatic rings. The van der Waals surface area contributed by atoms with Crippen LogP contribution in [0.15, 0.2) is 0 Å². The zero-order chi connectivity index (χ0) is 19.6. The number of hydrogen-bond donors (Lipinski definition) is 2. The molecule has 4 rings (SSSR count). The maximum atomic E-state index is 13.5. The second-order valence-electron chi connectivity index (χ2n) is 8.22. The molecule has 2 N–H and O–H groups in total. The van der Waals surface area contributed by atoms with Gasteiger partial charge in [-0.05, 0) is 50.4 Å².